The highest BCUT2D eigenvalue weighted by Gasteiger charge is 2.22. The molecule has 0 aliphatic heterocycles. The molecule has 0 fully saturated rings. The minimum absolute atomic E-state index is 0.276. The van der Waals surface area contributed by atoms with Crippen molar-refractivity contribution < 1.29 is 9.53 Å². The first kappa shape index (κ1) is 14.8. The van der Waals surface area contributed by atoms with E-state index in [1.807, 2.05) is 0 Å². The monoisotopic (exact) mass is 235 g/mol. The first-order valence-electron chi connectivity index (χ1n) is 5.29. The van der Waals surface area contributed by atoms with E-state index in [-0.39, 0.29) is 5.97 Å². The van der Waals surface area contributed by atoms with Gasteiger partial charge in [-0.15, -0.1) is 0 Å². The molecule has 5 heteroatoms. The molecule has 0 bridgehead atoms. The maximum atomic E-state index is 11.4. The van der Waals surface area contributed by atoms with Crippen LogP contribution < -0.4 is 11.5 Å². The van der Waals surface area contributed by atoms with E-state index in [4.69, 9.17) is 16.2 Å². The number of unbranched alkanes of at least 4 members (excludes halogenated alkanes) is 1. The summed E-state index contributed by atoms with van der Waals surface area (Å²) >= 11 is 0. The van der Waals surface area contributed by atoms with Gasteiger partial charge in [0.25, 0.3) is 0 Å². The van der Waals surface area contributed by atoms with Crippen LogP contribution in [-0.2, 0) is 9.53 Å². The van der Waals surface area contributed by atoms with E-state index in [9.17, 15) is 4.79 Å². The van der Waals surface area contributed by atoms with Crippen LogP contribution in [0.15, 0.2) is 0 Å². The Labute approximate surface area is 93.1 Å². The van der Waals surface area contributed by atoms with Gasteiger partial charge in [-0.25, -0.2) is 0 Å². The van der Waals surface area contributed by atoms with Crippen molar-refractivity contribution in [1.82, 2.24) is 0 Å². The van der Waals surface area contributed by atoms with E-state index in [0.717, 1.165) is 12.8 Å². The zero-order chi connectivity index (χ0) is 11.9. The fraction of sp³-hybridized carbons (Fsp3) is 0.900. The molecular formula is C10H24N2O2P+. The van der Waals surface area contributed by atoms with Crippen LogP contribution >= 0.6 is 7.26 Å². The topological polar surface area (TPSA) is 78.3 Å². The lowest BCUT2D eigenvalue weighted by molar-refractivity contribution is -0.143. The summed E-state index contributed by atoms with van der Waals surface area (Å²) < 4.78 is 5.15. The summed E-state index contributed by atoms with van der Waals surface area (Å²) in [7, 11) is -1.06. The summed E-state index contributed by atoms with van der Waals surface area (Å²) in [5, 5.41) is 0. The van der Waals surface area contributed by atoms with Crippen molar-refractivity contribution in [2.45, 2.75) is 25.3 Å². The molecule has 90 valence electrons. The molecule has 4 N–H and O–H groups in total. The summed E-state index contributed by atoms with van der Waals surface area (Å²) in [5.74, 6) is -0.276. The molecule has 0 aromatic rings. The predicted molar refractivity (Wildman–Crippen MR) is 66.5 cm³/mol. The molecule has 0 saturated heterocycles. The lowest BCUT2D eigenvalue weighted by Gasteiger charge is -2.14. The van der Waals surface area contributed by atoms with Gasteiger partial charge in [0.2, 0.25) is 0 Å². The van der Waals surface area contributed by atoms with Gasteiger partial charge < -0.3 is 16.2 Å². The van der Waals surface area contributed by atoms with Crippen molar-refractivity contribution >= 4 is 13.2 Å². The van der Waals surface area contributed by atoms with E-state index in [1.165, 1.54) is 0 Å². The average Bonchev–Trinajstić information content (AvgIpc) is 2.13. The lowest BCUT2D eigenvalue weighted by atomic mass is 10.1. The van der Waals surface area contributed by atoms with E-state index >= 15 is 0 Å². The zero-order valence-electron chi connectivity index (χ0n) is 10.0. The maximum Gasteiger partial charge on any atom is 0.325 e. The first-order chi connectivity index (χ1) is 6.87. The van der Waals surface area contributed by atoms with Crippen LogP contribution in [0.25, 0.3) is 0 Å². The Bertz CT molecular complexity index is 192. The second-order valence-electron chi connectivity index (χ2n) is 4.77. The van der Waals surface area contributed by atoms with Gasteiger partial charge in [-0.05, 0) is 19.4 Å². The Morgan fingerprint density at radius 1 is 1.33 bits per heavy atom. The first-order valence-corrected chi connectivity index (χ1v) is 8.61. The van der Waals surface area contributed by atoms with Crippen LogP contribution in [0.4, 0.5) is 0 Å². The molecule has 0 aromatic carbocycles. The van der Waals surface area contributed by atoms with Gasteiger partial charge in [0.05, 0.1) is 20.0 Å². The third-order valence-corrected chi connectivity index (χ3v) is 2.77. The Kier molecular flexibility index (Phi) is 7.07. The van der Waals surface area contributed by atoms with Gasteiger partial charge >= 0.3 is 5.97 Å². The van der Waals surface area contributed by atoms with Gasteiger partial charge in [-0.3, -0.25) is 4.79 Å². The standard InChI is InChI=1S/C10H24N2O2P/c1-15(2,3)8-14-10(13)9(12)6-4-5-7-11/h9H,4-8,11-12H2,1-3H3/q+1/t9-/m0/s1. The van der Waals surface area contributed by atoms with E-state index in [1.54, 1.807) is 0 Å². The van der Waals surface area contributed by atoms with Crippen molar-refractivity contribution in [3.8, 4) is 0 Å². The quantitative estimate of drug-likeness (QED) is 0.389. The average molecular weight is 235 g/mol. The second-order valence-corrected chi connectivity index (χ2v) is 9.61. The number of carbonyl (C=O) groups is 1. The summed E-state index contributed by atoms with van der Waals surface area (Å²) in [4.78, 5) is 11.4. The third-order valence-electron chi connectivity index (χ3n) is 1.87. The van der Waals surface area contributed by atoms with Crippen LogP contribution in [0.3, 0.4) is 0 Å². The number of rotatable bonds is 7. The molecule has 0 aromatic heterocycles. The van der Waals surface area contributed by atoms with Gasteiger partial charge in [-0.1, -0.05) is 6.42 Å². The highest BCUT2D eigenvalue weighted by molar-refractivity contribution is 7.73. The van der Waals surface area contributed by atoms with Crippen molar-refractivity contribution in [2.75, 3.05) is 32.9 Å². The predicted octanol–water partition coefficient (Wildman–Crippen LogP) is 0.850. The number of ether oxygens (including phenoxy) is 1. The summed E-state index contributed by atoms with van der Waals surface area (Å²) in [6.07, 6.45) is 2.99. The summed E-state index contributed by atoms with van der Waals surface area (Å²) in [6.45, 7) is 7.02. The Balaban J connectivity index is 3.70. The number of hydrogen-bond acceptors (Lipinski definition) is 4. The third kappa shape index (κ3) is 8.79. The minimum Gasteiger partial charge on any atom is -0.429 e. The molecule has 0 spiro atoms. The van der Waals surface area contributed by atoms with Crippen LogP contribution in [0.2, 0.25) is 0 Å². The fourth-order valence-electron chi connectivity index (χ4n) is 0.991. The molecule has 0 radical (unpaired) electrons. The SMILES string of the molecule is C[P+](C)(C)COC(=O)[C@@H](N)CCCCN. The molecule has 0 amide bonds. The Hall–Kier alpha value is -0.180. The van der Waals surface area contributed by atoms with Crippen molar-refractivity contribution in [3.05, 3.63) is 0 Å². The van der Waals surface area contributed by atoms with Gasteiger partial charge in [0, 0.05) is 7.26 Å². The lowest BCUT2D eigenvalue weighted by Crippen LogP contribution is -2.32. The largest absolute Gasteiger partial charge is 0.429 e. The smallest absolute Gasteiger partial charge is 0.325 e. The van der Waals surface area contributed by atoms with E-state index in [2.05, 4.69) is 20.0 Å². The number of hydrogen-bond donors (Lipinski definition) is 2. The van der Waals surface area contributed by atoms with Crippen molar-refractivity contribution in [1.29, 1.82) is 0 Å². The molecule has 4 nitrogen and oxygen atoms in total. The van der Waals surface area contributed by atoms with Crippen LogP contribution in [0.5, 0.6) is 0 Å². The summed E-state index contributed by atoms with van der Waals surface area (Å²) in [6, 6.07) is -0.483. The number of nitrogens with two attached hydrogens (primary N) is 2. The highest BCUT2D eigenvalue weighted by atomic mass is 31.2. The highest BCUT2D eigenvalue weighted by Crippen LogP contribution is 2.46. The van der Waals surface area contributed by atoms with Crippen LogP contribution in [0, 0.1) is 0 Å². The molecule has 0 saturated carbocycles. The molecule has 1 atom stereocenters. The molecule has 0 aliphatic carbocycles. The summed E-state index contributed by atoms with van der Waals surface area (Å²) in [5.41, 5.74) is 11.0. The minimum atomic E-state index is -1.06. The molecular weight excluding hydrogens is 211 g/mol. The molecule has 0 unspecified atom stereocenters. The second kappa shape index (κ2) is 7.15. The van der Waals surface area contributed by atoms with E-state index in [0.29, 0.717) is 19.3 Å². The van der Waals surface area contributed by atoms with E-state index < -0.39 is 13.3 Å². The molecule has 15 heavy (non-hydrogen) atoms. The van der Waals surface area contributed by atoms with Gasteiger partial charge in [0.1, 0.15) is 6.04 Å². The molecule has 0 rings (SSSR count). The van der Waals surface area contributed by atoms with Gasteiger partial charge in [0.15, 0.2) is 6.35 Å². The molecule has 0 heterocycles. The van der Waals surface area contributed by atoms with Gasteiger partial charge in [-0.2, -0.15) is 0 Å². The number of carbonyl (C=O) groups excluding carboxylic acids is 1. The maximum absolute atomic E-state index is 11.4. The zero-order valence-corrected chi connectivity index (χ0v) is 10.9. The van der Waals surface area contributed by atoms with Crippen LogP contribution in [0.1, 0.15) is 19.3 Å². The Morgan fingerprint density at radius 2 is 1.93 bits per heavy atom. The Morgan fingerprint density at radius 3 is 2.40 bits per heavy atom. The van der Waals surface area contributed by atoms with Crippen LogP contribution in [-0.4, -0.2) is 44.9 Å². The normalized spacial score (nSPS) is 13.7. The van der Waals surface area contributed by atoms with Crippen molar-refractivity contribution in [3.63, 3.8) is 0 Å². The van der Waals surface area contributed by atoms with Crippen molar-refractivity contribution in [2.24, 2.45) is 11.5 Å². The number of esters is 1. The molecule has 0 aliphatic rings. The fourth-order valence-corrected chi connectivity index (χ4v) is 1.51.